The van der Waals surface area contributed by atoms with Gasteiger partial charge in [-0.25, -0.2) is 0 Å². The van der Waals surface area contributed by atoms with Crippen molar-refractivity contribution < 1.29 is 14.3 Å². The predicted octanol–water partition coefficient (Wildman–Crippen LogP) is 0.823. The highest BCUT2D eigenvalue weighted by molar-refractivity contribution is 6.05. The zero-order valence-electron chi connectivity index (χ0n) is 12.8. The molecule has 0 saturated heterocycles. The topological polar surface area (TPSA) is 70.7 Å². The van der Waals surface area contributed by atoms with Crippen LogP contribution in [0.5, 0.6) is 0 Å². The number of nitrogens with one attached hydrogen (secondary N) is 2. The summed E-state index contributed by atoms with van der Waals surface area (Å²) in [6, 6.07) is 3.59. The second-order valence-corrected chi connectivity index (χ2v) is 5.20. The highest BCUT2D eigenvalue weighted by Crippen LogP contribution is 2.33. The lowest BCUT2D eigenvalue weighted by molar-refractivity contribution is -0.140. The first-order chi connectivity index (χ1) is 9.97. The number of amides is 1. The van der Waals surface area contributed by atoms with Crippen LogP contribution in [0.1, 0.15) is 11.1 Å². The van der Waals surface area contributed by atoms with E-state index in [0.717, 1.165) is 22.5 Å². The monoisotopic (exact) mass is 291 g/mol. The summed E-state index contributed by atoms with van der Waals surface area (Å²) in [6.07, 6.45) is 0. The number of carbonyl (C=O) groups excluding carboxylic acids is 2. The molecule has 114 valence electrons. The van der Waals surface area contributed by atoms with Crippen LogP contribution in [-0.4, -0.2) is 45.2 Å². The molecule has 0 radical (unpaired) electrons. The van der Waals surface area contributed by atoms with Crippen molar-refractivity contribution >= 4 is 23.3 Å². The normalized spacial score (nSPS) is 17.8. The van der Waals surface area contributed by atoms with Crippen molar-refractivity contribution in [3.63, 3.8) is 0 Å². The summed E-state index contributed by atoms with van der Waals surface area (Å²) in [7, 11) is 3.05. The number of methoxy groups -OCH3 is 1. The summed E-state index contributed by atoms with van der Waals surface area (Å²) in [6.45, 7) is 4.32. The number of likely N-dealkylation sites (N-methyl/N-ethyl adjacent to an activating group) is 1. The number of aryl methyl sites for hydroxylation is 2. The van der Waals surface area contributed by atoms with Gasteiger partial charge in [0.2, 0.25) is 5.91 Å². The van der Waals surface area contributed by atoms with Crippen LogP contribution in [0.25, 0.3) is 0 Å². The van der Waals surface area contributed by atoms with Gasteiger partial charge in [-0.2, -0.15) is 0 Å². The highest BCUT2D eigenvalue weighted by Gasteiger charge is 2.32. The van der Waals surface area contributed by atoms with Gasteiger partial charge in [0.25, 0.3) is 0 Å². The standard InChI is InChI=1S/C15H21N3O3/c1-9-5-10(2)14-11(6-9)17-7-12(16-3)15(20)18(14)8-13(19)21-4/h5-6,12,16-17H,7-8H2,1-4H3/t12-/m0/s1. The Bertz CT molecular complexity index is 572. The van der Waals surface area contributed by atoms with Crippen molar-refractivity contribution in [1.82, 2.24) is 5.32 Å². The van der Waals surface area contributed by atoms with E-state index in [1.54, 1.807) is 7.05 Å². The van der Waals surface area contributed by atoms with Crippen molar-refractivity contribution in [2.45, 2.75) is 19.9 Å². The van der Waals surface area contributed by atoms with E-state index in [4.69, 9.17) is 4.74 Å². The van der Waals surface area contributed by atoms with E-state index in [1.165, 1.54) is 12.0 Å². The number of ether oxygens (including phenoxy) is 1. The van der Waals surface area contributed by atoms with Gasteiger partial charge in [0.15, 0.2) is 0 Å². The van der Waals surface area contributed by atoms with Crippen molar-refractivity contribution in [2.75, 3.05) is 37.5 Å². The number of rotatable bonds is 3. The van der Waals surface area contributed by atoms with E-state index >= 15 is 0 Å². The maximum Gasteiger partial charge on any atom is 0.325 e. The lowest BCUT2D eigenvalue weighted by atomic mass is 10.1. The van der Waals surface area contributed by atoms with Crippen LogP contribution in [0.2, 0.25) is 0 Å². The van der Waals surface area contributed by atoms with Gasteiger partial charge in [-0.05, 0) is 38.1 Å². The van der Waals surface area contributed by atoms with E-state index in [0.29, 0.717) is 6.54 Å². The third kappa shape index (κ3) is 3.00. The highest BCUT2D eigenvalue weighted by atomic mass is 16.5. The second-order valence-electron chi connectivity index (χ2n) is 5.20. The minimum atomic E-state index is -0.439. The zero-order valence-corrected chi connectivity index (χ0v) is 12.8. The van der Waals surface area contributed by atoms with Crippen molar-refractivity contribution in [2.24, 2.45) is 0 Å². The summed E-state index contributed by atoms with van der Waals surface area (Å²) >= 11 is 0. The largest absolute Gasteiger partial charge is 0.468 e. The van der Waals surface area contributed by atoms with Gasteiger partial charge in [0, 0.05) is 6.54 Å². The third-order valence-corrected chi connectivity index (χ3v) is 3.64. The molecule has 21 heavy (non-hydrogen) atoms. The van der Waals surface area contributed by atoms with Crippen LogP contribution in [0.15, 0.2) is 12.1 Å². The molecule has 1 heterocycles. The number of benzene rings is 1. The van der Waals surface area contributed by atoms with E-state index < -0.39 is 5.97 Å². The summed E-state index contributed by atoms with van der Waals surface area (Å²) in [5.41, 5.74) is 3.66. The lowest BCUT2D eigenvalue weighted by Gasteiger charge is -2.25. The number of hydrogen-bond donors (Lipinski definition) is 2. The summed E-state index contributed by atoms with van der Waals surface area (Å²) in [5, 5.41) is 6.26. The molecule has 0 bridgehead atoms. The minimum Gasteiger partial charge on any atom is -0.468 e. The maximum absolute atomic E-state index is 12.6. The molecule has 1 aromatic carbocycles. The Hall–Kier alpha value is -2.08. The fourth-order valence-corrected chi connectivity index (χ4v) is 2.63. The van der Waals surface area contributed by atoms with Gasteiger partial charge in [-0.1, -0.05) is 6.07 Å². The van der Waals surface area contributed by atoms with Gasteiger partial charge in [-0.3, -0.25) is 14.5 Å². The Morgan fingerprint density at radius 2 is 2.19 bits per heavy atom. The molecule has 6 heteroatoms. The van der Waals surface area contributed by atoms with Crippen molar-refractivity contribution in [1.29, 1.82) is 0 Å². The summed E-state index contributed by atoms with van der Waals surface area (Å²) < 4.78 is 4.72. The summed E-state index contributed by atoms with van der Waals surface area (Å²) in [5.74, 6) is -0.577. The van der Waals surface area contributed by atoms with Crippen LogP contribution in [0, 0.1) is 13.8 Å². The number of hydrogen-bond acceptors (Lipinski definition) is 5. The Kier molecular flexibility index (Phi) is 4.47. The molecule has 6 nitrogen and oxygen atoms in total. The first kappa shape index (κ1) is 15.3. The smallest absolute Gasteiger partial charge is 0.325 e. The molecule has 2 N–H and O–H groups in total. The fraction of sp³-hybridized carbons (Fsp3) is 0.467. The number of fused-ring (bicyclic) bond motifs is 1. The van der Waals surface area contributed by atoms with Gasteiger partial charge >= 0.3 is 5.97 Å². The average molecular weight is 291 g/mol. The number of nitrogens with zero attached hydrogens (tertiary/aromatic N) is 1. The molecule has 0 fully saturated rings. The molecule has 0 spiro atoms. The molecule has 0 unspecified atom stereocenters. The van der Waals surface area contributed by atoms with E-state index in [2.05, 4.69) is 10.6 Å². The predicted molar refractivity (Wildman–Crippen MR) is 81.6 cm³/mol. The molecule has 1 atom stereocenters. The van der Waals surface area contributed by atoms with Gasteiger partial charge < -0.3 is 15.4 Å². The molecule has 1 aliphatic rings. The first-order valence-electron chi connectivity index (χ1n) is 6.88. The zero-order chi connectivity index (χ0) is 15.6. The van der Waals surface area contributed by atoms with E-state index in [9.17, 15) is 9.59 Å². The number of anilines is 2. The van der Waals surface area contributed by atoms with Crippen LogP contribution in [0.4, 0.5) is 11.4 Å². The van der Waals surface area contributed by atoms with Crippen LogP contribution >= 0.6 is 0 Å². The molecule has 1 amide bonds. The van der Waals surface area contributed by atoms with E-state index in [1.807, 2.05) is 26.0 Å². The quantitative estimate of drug-likeness (QED) is 0.807. The van der Waals surface area contributed by atoms with E-state index in [-0.39, 0.29) is 18.5 Å². The number of carbonyl (C=O) groups is 2. The Morgan fingerprint density at radius 1 is 1.48 bits per heavy atom. The lowest BCUT2D eigenvalue weighted by Crippen LogP contribution is -2.49. The van der Waals surface area contributed by atoms with Crippen LogP contribution < -0.4 is 15.5 Å². The van der Waals surface area contributed by atoms with Crippen LogP contribution in [0.3, 0.4) is 0 Å². The molecular weight excluding hydrogens is 270 g/mol. The van der Waals surface area contributed by atoms with Crippen molar-refractivity contribution in [3.8, 4) is 0 Å². The molecule has 2 rings (SSSR count). The van der Waals surface area contributed by atoms with Gasteiger partial charge in [0.1, 0.15) is 12.6 Å². The maximum atomic E-state index is 12.6. The molecular formula is C15H21N3O3. The Labute approximate surface area is 124 Å². The molecule has 0 aliphatic carbocycles. The Balaban J connectivity index is 2.51. The van der Waals surface area contributed by atoms with Crippen LogP contribution in [-0.2, 0) is 14.3 Å². The molecule has 1 aliphatic heterocycles. The third-order valence-electron chi connectivity index (χ3n) is 3.64. The van der Waals surface area contributed by atoms with Crippen molar-refractivity contribution in [3.05, 3.63) is 23.3 Å². The average Bonchev–Trinajstić information content (AvgIpc) is 2.57. The summed E-state index contributed by atoms with van der Waals surface area (Å²) in [4.78, 5) is 25.8. The molecule has 0 aromatic heterocycles. The molecule has 0 saturated carbocycles. The number of esters is 1. The van der Waals surface area contributed by atoms with Gasteiger partial charge in [-0.15, -0.1) is 0 Å². The fourth-order valence-electron chi connectivity index (χ4n) is 2.63. The second kappa shape index (κ2) is 6.13. The first-order valence-corrected chi connectivity index (χ1v) is 6.88. The molecule has 1 aromatic rings. The Morgan fingerprint density at radius 3 is 2.81 bits per heavy atom. The van der Waals surface area contributed by atoms with Gasteiger partial charge in [0.05, 0.1) is 18.5 Å². The minimum absolute atomic E-state index is 0.0912. The SMILES string of the molecule is CN[C@H]1CNc2cc(C)cc(C)c2N(CC(=O)OC)C1=O.